The molecule has 0 aromatic carbocycles. The number of carbonyl (C=O) groups excluding carboxylic acids is 1. The number of aromatic nitrogens is 3. The Hall–Kier alpha value is -3.00. The van der Waals surface area contributed by atoms with Crippen molar-refractivity contribution in [2.24, 2.45) is 0 Å². The van der Waals surface area contributed by atoms with Gasteiger partial charge in [-0.1, -0.05) is 25.9 Å². The number of fused-ring (bicyclic) bond motifs is 1. The first-order chi connectivity index (χ1) is 13.6. The van der Waals surface area contributed by atoms with Crippen LogP contribution in [0.1, 0.15) is 54.0 Å². The summed E-state index contributed by atoms with van der Waals surface area (Å²) in [6.45, 7) is 11.8. The minimum absolute atomic E-state index is 0.0850. The van der Waals surface area contributed by atoms with E-state index in [0.717, 1.165) is 22.8 Å². The predicted molar refractivity (Wildman–Crippen MR) is 112 cm³/mol. The number of nitrogens with zero attached hydrogens (tertiary/aromatic N) is 3. The summed E-state index contributed by atoms with van der Waals surface area (Å²) in [5, 5.41) is 10.0. The highest BCUT2D eigenvalue weighted by atomic mass is 32.1. The van der Waals surface area contributed by atoms with Crippen molar-refractivity contribution in [1.82, 2.24) is 15.1 Å². The molecule has 0 atom stereocenters. The fourth-order valence-electron chi connectivity index (χ4n) is 3.14. The molecule has 4 rings (SSSR count). The molecule has 4 aromatic heterocycles. The minimum atomic E-state index is -0.280. The number of amides is 1. The number of hydrogen-bond acceptors (Lipinski definition) is 7. The quantitative estimate of drug-likeness (QED) is 0.485. The lowest BCUT2D eigenvalue weighted by atomic mass is 9.93. The van der Waals surface area contributed by atoms with Crippen LogP contribution in [0.5, 0.6) is 0 Å². The first kappa shape index (κ1) is 19.3. The highest BCUT2D eigenvalue weighted by Crippen LogP contribution is 2.31. The van der Waals surface area contributed by atoms with Gasteiger partial charge in [-0.05, 0) is 32.9 Å². The van der Waals surface area contributed by atoms with Crippen molar-refractivity contribution in [2.75, 3.05) is 5.32 Å². The fourth-order valence-corrected chi connectivity index (χ4v) is 4.07. The summed E-state index contributed by atoms with van der Waals surface area (Å²) < 4.78 is 11.0. The number of pyridine rings is 1. The van der Waals surface area contributed by atoms with E-state index in [4.69, 9.17) is 8.94 Å². The molecule has 29 heavy (non-hydrogen) atoms. The van der Waals surface area contributed by atoms with Crippen molar-refractivity contribution in [3.8, 4) is 11.3 Å². The third-order valence-electron chi connectivity index (χ3n) is 4.67. The molecule has 0 radical (unpaired) electrons. The second kappa shape index (κ2) is 6.81. The van der Waals surface area contributed by atoms with Crippen molar-refractivity contribution >= 4 is 33.5 Å². The van der Waals surface area contributed by atoms with E-state index in [1.54, 1.807) is 13.0 Å². The van der Waals surface area contributed by atoms with Gasteiger partial charge in [-0.25, -0.2) is 9.97 Å². The molecule has 0 aliphatic heterocycles. The Morgan fingerprint density at radius 3 is 2.52 bits per heavy atom. The molecule has 150 valence electrons. The van der Waals surface area contributed by atoms with Crippen molar-refractivity contribution < 1.29 is 13.7 Å². The van der Waals surface area contributed by atoms with Gasteiger partial charge in [0.15, 0.2) is 5.13 Å². The fraction of sp³-hybridized carbons (Fsp3) is 0.333. The van der Waals surface area contributed by atoms with E-state index in [1.807, 2.05) is 25.3 Å². The monoisotopic (exact) mass is 410 g/mol. The van der Waals surface area contributed by atoms with Crippen molar-refractivity contribution in [3.05, 3.63) is 46.0 Å². The van der Waals surface area contributed by atoms with Gasteiger partial charge < -0.3 is 8.94 Å². The topological polar surface area (TPSA) is 94.1 Å². The van der Waals surface area contributed by atoms with Crippen LogP contribution >= 0.6 is 11.3 Å². The number of hydrogen-bond donors (Lipinski definition) is 1. The summed E-state index contributed by atoms with van der Waals surface area (Å²) in [6, 6.07) is 3.64. The molecule has 0 aliphatic rings. The Balaban J connectivity index is 1.77. The van der Waals surface area contributed by atoms with Gasteiger partial charge in [0, 0.05) is 16.4 Å². The number of aryl methyl sites for hydroxylation is 3. The molecular formula is C21H22N4O3S. The van der Waals surface area contributed by atoms with Crippen LogP contribution < -0.4 is 5.32 Å². The van der Waals surface area contributed by atoms with E-state index < -0.39 is 0 Å². The van der Waals surface area contributed by atoms with E-state index in [9.17, 15) is 4.79 Å². The molecule has 0 saturated heterocycles. The molecule has 0 bridgehead atoms. The number of carbonyl (C=O) groups is 1. The average molecular weight is 410 g/mol. The van der Waals surface area contributed by atoms with Crippen LogP contribution in [0.25, 0.3) is 22.4 Å². The van der Waals surface area contributed by atoms with Crippen LogP contribution in [0.2, 0.25) is 0 Å². The van der Waals surface area contributed by atoms with Crippen molar-refractivity contribution in [3.63, 3.8) is 0 Å². The summed E-state index contributed by atoms with van der Waals surface area (Å²) in [5.74, 6) is 1.22. The molecule has 0 fully saturated rings. The second-order valence-corrected chi connectivity index (χ2v) is 8.93. The lowest BCUT2D eigenvalue weighted by molar-refractivity contribution is 0.102. The second-order valence-electron chi connectivity index (χ2n) is 8.07. The number of thiazole rings is 1. The summed E-state index contributed by atoms with van der Waals surface area (Å²) in [5.41, 5.74) is 3.63. The minimum Gasteiger partial charge on any atom is -0.466 e. The number of anilines is 1. The third-order valence-corrected chi connectivity index (χ3v) is 5.43. The SMILES string of the molecule is Cc1cc(-c2cc(C(=O)Nc3nc(C(C)(C)C)cs3)c3c(C)noc3n2)c(C)o1. The van der Waals surface area contributed by atoms with Gasteiger partial charge in [0.2, 0.25) is 0 Å². The van der Waals surface area contributed by atoms with E-state index in [-0.39, 0.29) is 11.3 Å². The van der Waals surface area contributed by atoms with Gasteiger partial charge in [0.05, 0.1) is 28.0 Å². The van der Waals surface area contributed by atoms with Gasteiger partial charge in [-0.2, -0.15) is 0 Å². The van der Waals surface area contributed by atoms with E-state index in [2.05, 4.69) is 41.2 Å². The van der Waals surface area contributed by atoms with Crippen LogP contribution in [0.4, 0.5) is 5.13 Å². The Bertz CT molecular complexity index is 1230. The molecular weight excluding hydrogens is 388 g/mol. The van der Waals surface area contributed by atoms with Crippen molar-refractivity contribution in [2.45, 2.75) is 47.0 Å². The average Bonchev–Trinajstić information content (AvgIpc) is 3.33. The summed E-state index contributed by atoms with van der Waals surface area (Å²) in [6.07, 6.45) is 0. The lowest BCUT2D eigenvalue weighted by Gasteiger charge is -2.14. The molecule has 0 aliphatic carbocycles. The van der Waals surface area contributed by atoms with Gasteiger partial charge in [0.25, 0.3) is 11.6 Å². The predicted octanol–water partition coefficient (Wildman–Crippen LogP) is 5.41. The largest absolute Gasteiger partial charge is 0.466 e. The molecule has 0 saturated carbocycles. The first-order valence-electron chi connectivity index (χ1n) is 9.25. The maximum atomic E-state index is 13.1. The highest BCUT2D eigenvalue weighted by molar-refractivity contribution is 7.14. The Kier molecular flexibility index (Phi) is 4.53. The zero-order valence-corrected chi connectivity index (χ0v) is 18.0. The number of nitrogens with one attached hydrogen (secondary N) is 1. The molecule has 0 unspecified atom stereocenters. The molecule has 7 nitrogen and oxygen atoms in total. The van der Waals surface area contributed by atoms with Gasteiger partial charge in [-0.3, -0.25) is 10.1 Å². The molecule has 1 amide bonds. The highest BCUT2D eigenvalue weighted by Gasteiger charge is 2.23. The van der Waals surface area contributed by atoms with E-state index in [0.29, 0.717) is 33.2 Å². The standard InChI is InChI=1S/C21H22N4O3S/c1-10-7-13(12(3)27-10)15-8-14(17-11(2)25-28-19(17)22-15)18(26)24-20-23-16(9-29-20)21(4,5)6/h7-9H,1-6H3,(H,23,24,26). The molecule has 0 spiro atoms. The maximum absolute atomic E-state index is 13.1. The van der Waals surface area contributed by atoms with Crippen LogP contribution in [-0.2, 0) is 5.41 Å². The summed E-state index contributed by atoms with van der Waals surface area (Å²) >= 11 is 1.40. The van der Waals surface area contributed by atoms with Gasteiger partial charge >= 0.3 is 0 Å². The Labute approximate surface area is 172 Å². The summed E-state index contributed by atoms with van der Waals surface area (Å²) in [7, 11) is 0. The first-order valence-corrected chi connectivity index (χ1v) is 10.1. The maximum Gasteiger partial charge on any atom is 0.259 e. The number of furan rings is 1. The summed E-state index contributed by atoms with van der Waals surface area (Å²) in [4.78, 5) is 22.2. The smallest absolute Gasteiger partial charge is 0.259 e. The van der Waals surface area contributed by atoms with Gasteiger partial charge in [-0.15, -0.1) is 11.3 Å². The number of rotatable bonds is 3. The molecule has 1 N–H and O–H groups in total. The Morgan fingerprint density at radius 2 is 1.90 bits per heavy atom. The Morgan fingerprint density at radius 1 is 1.14 bits per heavy atom. The zero-order chi connectivity index (χ0) is 20.9. The molecule has 4 heterocycles. The third kappa shape index (κ3) is 3.55. The van der Waals surface area contributed by atoms with Crippen LogP contribution in [0, 0.1) is 20.8 Å². The van der Waals surface area contributed by atoms with E-state index >= 15 is 0 Å². The molecule has 4 aromatic rings. The molecule has 8 heteroatoms. The van der Waals surface area contributed by atoms with Crippen LogP contribution in [0.15, 0.2) is 26.5 Å². The van der Waals surface area contributed by atoms with Crippen LogP contribution in [-0.4, -0.2) is 21.0 Å². The lowest BCUT2D eigenvalue weighted by Crippen LogP contribution is -2.15. The zero-order valence-electron chi connectivity index (χ0n) is 17.2. The normalized spacial score (nSPS) is 11.9. The van der Waals surface area contributed by atoms with Crippen molar-refractivity contribution in [1.29, 1.82) is 0 Å². The van der Waals surface area contributed by atoms with Gasteiger partial charge in [0.1, 0.15) is 11.5 Å². The van der Waals surface area contributed by atoms with Crippen LogP contribution in [0.3, 0.4) is 0 Å². The van der Waals surface area contributed by atoms with E-state index in [1.165, 1.54) is 11.3 Å².